The summed E-state index contributed by atoms with van der Waals surface area (Å²) in [5.74, 6) is -0.164. The first-order chi connectivity index (χ1) is 11.5. The molecule has 1 N–H and O–H groups in total. The lowest BCUT2D eigenvalue weighted by Crippen LogP contribution is -2.50. The number of piperazine rings is 1. The minimum absolute atomic E-state index is 0.232. The minimum atomic E-state index is -0.957. The molecule has 0 aliphatic carbocycles. The predicted molar refractivity (Wildman–Crippen MR) is 85.4 cm³/mol. The molecule has 1 atom stereocenters. The molecule has 6 nitrogen and oxygen atoms in total. The Kier molecular flexibility index (Phi) is 4.92. The largest absolute Gasteiger partial charge is 0.444 e. The molecule has 0 radical (unpaired) electrons. The van der Waals surface area contributed by atoms with Gasteiger partial charge in [0.05, 0.1) is 5.69 Å². The van der Waals surface area contributed by atoms with E-state index in [2.05, 4.69) is 9.88 Å². The summed E-state index contributed by atoms with van der Waals surface area (Å²) in [6, 6.07) is 6.13. The molecule has 7 heteroatoms. The van der Waals surface area contributed by atoms with Gasteiger partial charge < -0.3 is 14.4 Å². The number of carbonyl (C=O) groups excluding carboxylic acids is 1. The van der Waals surface area contributed by atoms with Crippen molar-refractivity contribution in [3.8, 4) is 11.5 Å². The number of rotatable bonds is 4. The molecule has 1 aromatic carbocycles. The maximum Gasteiger partial charge on any atom is 0.251 e. The third-order valence-electron chi connectivity index (χ3n) is 4.05. The Morgan fingerprint density at radius 1 is 1.38 bits per heavy atom. The molecule has 3 rings (SSSR count). The van der Waals surface area contributed by atoms with E-state index in [0.717, 1.165) is 5.69 Å². The van der Waals surface area contributed by atoms with Crippen LogP contribution in [0.15, 0.2) is 34.9 Å². The second-order valence-electron chi connectivity index (χ2n) is 5.93. The number of hydrogen-bond acceptors (Lipinski definition) is 5. The van der Waals surface area contributed by atoms with Crippen LogP contribution in [0.5, 0.6) is 0 Å². The lowest BCUT2D eigenvalue weighted by molar-refractivity contribution is -0.141. The number of nitrogens with zero attached hydrogens (tertiary/aromatic N) is 3. The van der Waals surface area contributed by atoms with Crippen LogP contribution in [0, 0.1) is 5.82 Å². The van der Waals surface area contributed by atoms with Crippen molar-refractivity contribution in [1.29, 1.82) is 0 Å². The summed E-state index contributed by atoms with van der Waals surface area (Å²) >= 11 is 0. The molecule has 1 aromatic heterocycles. The number of amides is 1. The number of aromatic nitrogens is 1. The maximum absolute atomic E-state index is 13.3. The SMILES string of the molecule is CC(O)C(=O)N1CCN(Cc2coc(-c3cccc(F)c3)n2)CC1. The number of benzene rings is 1. The fourth-order valence-corrected chi connectivity index (χ4v) is 2.75. The van der Waals surface area contributed by atoms with Crippen LogP contribution >= 0.6 is 0 Å². The van der Waals surface area contributed by atoms with E-state index in [1.807, 2.05) is 0 Å². The average Bonchev–Trinajstić information content (AvgIpc) is 3.03. The van der Waals surface area contributed by atoms with E-state index in [1.54, 1.807) is 23.3 Å². The third-order valence-corrected chi connectivity index (χ3v) is 4.05. The highest BCUT2D eigenvalue weighted by molar-refractivity contribution is 5.80. The van der Waals surface area contributed by atoms with Crippen LogP contribution < -0.4 is 0 Å². The highest BCUT2D eigenvalue weighted by Crippen LogP contribution is 2.20. The van der Waals surface area contributed by atoms with E-state index in [0.29, 0.717) is 44.2 Å². The highest BCUT2D eigenvalue weighted by atomic mass is 19.1. The second-order valence-corrected chi connectivity index (χ2v) is 5.93. The molecular formula is C17H20FN3O3. The normalized spacial score (nSPS) is 17.0. The molecule has 0 spiro atoms. The molecule has 1 unspecified atom stereocenters. The van der Waals surface area contributed by atoms with Gasteiger partial charge in [-0.2, -0.15) is 0 Å². The van der Waals surface area contributed by atoms with E-state index in [1.165, 1.54) is 19.1 Å². The monoisotopic (exact) mass is 333 g/mol. The second kappa shape index (κ2) is 7.11. The molecule has 1 fully saturated rings. The Bertz CT molecular complexity index is 709. The Morgan fingerprint density at radius 2 is 2.12 bits per heavy atom. The molecule has 1 saturated heterocycles. The van der Waals surface area contributed by atoms with E-state index >= 15 is 0 Å². The third kappa shape index (κ3) is 3.80. The van der Waals surface area contributed by atoms with Crippen molar-refractivity contribution in [2.45, 2.75) is 19.6 Å². The first-order valence-electron chi connectivity index (χ1n) is 7.92. The fourth-order valence-electron chi connectivity index (χ4n) is 2.75. The van der Waals surface area contributed by atoms with Crippen LogP contribution in [-0.2, 0) is 11.3 Å². The molecule has 0 bridgehead atoms. The number of aliphatic hydroxyl groups excluding tert-OH is 1. The Hall–Kier alpha value is -2.25. The number of halogens is 1. The summed E-state index contributed by atoms with van der Waals surface area (Å²) in [6.07, 6.45) is 0.619. The molecule has 2 heterocycles. The van der Waals surface area contributed by atoms with Gasteiger partial charge in [-0.3, -0.25) is 9.69 Å². The van der Waals surface area contributed by atoms with Crippen LogP contribution in [0.4, 0.5) is 4.39 Å². The van der Waals surface area contributed by atoms with Crippen molar-refractivity contribution in [2.24, 2.45) is 0 Å². The summed E-state index contributed by atoms with van der Waals surface area (Å²) in [6.45, 7) is 4.67. The minimum Gasteiger partial charge on any atom is -0.444 e. The topological polar surface area (TPSA) is 69.8 Å². The Morgan fingerprint density at radius 3 is 2.79 bits per heavy atom. The van der Waals surface area contributed by atoms with Crippen molar-refractivity contribution >= 4 is 5.91 Å². The van der Waals surface area contributed by atoms with Gasteiger partial charge in [0.1, 0.15) is 18.2 Å². The van der Waals surface area contributed by atoms with E-state index in [4.69, 9.17) is 4.42 Å². The summed E-state index contributed by atoms with van der Waals surface area (Å²) in [7, 11) is 0. The van der Waals surface area contributed by atoms with Gasteiger partial charge >= 0.3 is 0 Å². The summed E-state index contributed by atoms with van der Waals surface area (Å²) < 4.78 is 18.7. The predicted octanol–water partition coefficient (Wildman–Crippen LogP) is 1.51. The molecule has 0 saturated carbocycles. The molecule has 2 aromatic rings. The van der Waals surface area contributed by atoms with Crippen molar-refractivity contribution in [3.63, 3.8) is 0 Å². The number of oxazole rings is 1. The summed E-state index contributed by atoms with van der Waals surface area (Å²) in [5, 5.41) is 9.35. The van der Waals surface area contributed by atoms with Gasteiger partial charge in [0.25, 0.3) is 5.91 Å². The smallest absolute Gasteiger partial charge is 0.251 e. The first kappa shape index (κ1) is 16.6. The molecule has 1 aliphatic rings. The van der Waals surface area contributed by atoms with Gasteiger partial charge in [-0.1, -0.05) is 6.07 Å². The summed E-state index contributed by atoms with van der Waals surface area (Å²) in [4.78, 5) is 20.0. The van der Waals surface area contributed by atoms with Gasteiger partial charge in [0, 0.05) is 38.3 Å². The van der Waals surface area contributed by atoms with Crippen LogP contribution in [0.25, 0.3) is 11.5 Å². The quantitative estimate of drug-likeness (QED) is 0.918. The van der Waals surface area contributed by atoms with Crippen LogP contribution in [0.2, 0.25) is 0 Å². The standard InChI is InChI=1S/C17H20FN3O3/c1-12(22)17(23)21-7-5-20(6-8-21)10-15-11-24-16(19-15)13-3-2-4-14(18)9-13/h2-4,9,11-12,22H,5-8,10H2,1H3. The van der Waals surface area contributed by atoms with Gasteiger partial charge in [0.15, 0.2) is 0 Å². The van der Waals surface area contributed by atoms with Crippen LogP contribution in [-0.4, -0.2) is 58.1 Å². The number of hydrogen-bond donors (Lipinski definition) is 1. The van der Waals surface area contributed by atoms with Crippen molar-refractivity contribution in [1.82, 2.24) is 14.8 Å². The zero-order chi connectivity index (χ0) is 17.1. The molecular weight excluding hydrogens is 313 g/mol. The van der Waals surface area contributed by atoms with Crippen LogP contribution in [0.1, 0.15) is 12.6 Å². The molecule has 128 valence electrons. The van der Waals surface area contributed by atoms with Gasteiger partial charge in [0.2, 0.25) is 5.89 Å². The maximum atomic E-state index is 13.3. The lowest BCUT2D eigenvalue weighted by Gasteiger charge is -2.34. The van der Waals surface area contributed by atoms with E-state index < -0.39 is 6.10 Å². The van der Waals surface area contributed by atoms with Crippen LogP contribution in [0.3, 0.4) is 0 Å². The van der Waals surface area contributed by atoms with Gasteiger partial charge in [-0.15, -0.1) is 0 Å². The molecule has 24 heavy (non-hydrogen) atoms. The molecule has 1 amide bonds. The molecule has 1 aliphatic heterocycles. The Balaban J connectivity index is 1.57. The average molecular weight is 333 g/mol. The zero-order valence-corrected chi connectivity index (χ0v) is 13.5. The zero-order valence-electron chi connectivity index (χ0n) is 13.5. The van der Waals surface area contributed by atoms with Crippen molar-refractivity contribution < 1.29 is 18.7 Å². The lowest BCUT2D eigenvalue weighted by atomic mass is 10.2. The fraction of sp³-hybridized carbons (Fsp3) is 0.412. The van der Waals surface area contributed by atoms with E-state index in [9.17, 15) is 14.3 Å². The number of carbonyl (C=O) groups is 1. The Labute approximate surface area is 139 Å². The van der Waals surface area contributed by atoms with Crippen molar-refractivity contribution in [2.75, 3.05) is 26.2 Å². The van der Waals surface area contributed by atoms with Gasteiger partial charge in [-0.25, -0.2) is 9.37 Å². The van der Waals surface area contributed by atoms with Crippen molar-refractivity contribution in [3.05, 3.63) is 42.0 Å². The highest BCUT2D eigenvalue weighted by Gasteiger charge is 2.24. The van der Waals surface area contributed by atoms with E-state index in [-0.39, 0.29) is 11.7 Å². The number of aliphatic hydroxyl groups is 1. The summed E-state index contributed by atoms with van der Waals surface area (Å²) in [5.41, 5.74) is 1.37. The van der Waals surface area contributed by atoms with Gasteiger partial charge in [-0.05, 0) is 25.1 Å². The first-order valence-corrected chi connectivity index (χ1v) is 7.92.